The second-order valence-electron chi connectivity index (χ2n) is 6.65. The van der Waals surface area contributed by atoms with E-state index in [-0.39, 0.29) is 11.5 Å². The molecule has 0 amide bonds. The van der Waals surface area contributed by atoms with Crippen LogP contribution in [0.3, 0.4) is 0 Å². The molecule has 27 heavy (non-hydrogen) atoms. The highest BCUT2D eigenvalue weighted by Crippen LogP contribution is 2.23. The van der Waals surface area contributed by atoms with Crippen molar-refractivity contribution in [1.82, 2.24) is 14.7 Å². The van der Waals surface area contributed by atoms with Crippen molar-refractivity contribution < 1.29 is 14.1 Å². The lowest BCUT2D eigenvalue weighted by Gasteiger charge is -2.15. The molecule has 0 unspecified atom stereocenters. The maximum atomic E-state index is 13.0. The molecule has 0 N–H and O–H groups in total. The molecule has 3 rings (SSSR count). The average molecular weight is 387 g/mol. The van der Waals surface area contributed by atoms with Gasteiger partial charge in [0.25, 0.3) is 5.56 Å². The van der Waals surface area contributed by atoms with Gasteiger partial charge < -0.3 is 9.26 Å². The molecule has 2 aromatic heterocycles. The highest BCUT2D eigenvalue weighted by Gasteiger charge is 2.16. The van der Waals surface area contributed by atoms with E-state index in [9.17, 15) is 9.59 Å². The van der Waals surface area contributed by atoms with Gasteiger partial charge in [0.2, 0.25) is 0 Å². The van der Waals surface area contributed by atoms with E-state index in [4.69, 9.17) is 9.26 Å². The van der Waals surface area contributed by atoms with Crippen molar-refractivity contribution in [2.45, 2.75) is 38.2 Å². The predicted octanol–water partition coefficient (Wildman–Crippen LogP) is 3.43. The van der Waals surface area contributed by atoms with Gasteiger partial charge in [0.05, 0.1) is 29.3 Å². The fourth-order valence-electron chi connectivity index (χ4n) is 2.71. The van der Waals surface area contributed by atoms with Crippen LogP contribution in [0.4, 0.5) is 0 Å². The Morgan fingerprint density at radius 2 is 2.11 bits per heavy atom. The predicted molar refractivity (Wildman–Crippen MR) is 103 cm³/mol. The number of aryl methyl sites for hydroxylation is 1. The zero-order valence-corrected chi connectivity index (χ0v) is 16.5. The highest BCUT2D eigenvalue weighted by atomic mass is 32.2. The molecule has 0 radical (unpaired) electrons. The van der Waals surface area contributed by atoms with Crippen molar-refractivity contribution in [1.29, 1.82) is 0 Å². The van der Waals surface area contributed by atoms with Crippen LogP contribution >= 0.6 is 11.8 Å². The number of methoxy groups -OCH3 is 1. The Kier molecular flexibility index (Phi) is 5.65. The maximum absolute atomic E-state index is 13.0. The molecule has 0 aliphatic carbocycles. The number of hydrogen-bond acceptors (Lipinski definition) is 7. The number of benzene rings is 1. The average Bonchev–Trinajstić information content (AvgIpc) is 3.06. The van der Waals surface area contributed by atoms with Gasteiger partial charge in [-0.25, -0.2) is 9.78 Å². The van der Waals surface area contributed by atoms with E-state index < -0.39 is 5.97 Å². The molecule has 8 heteroatoms. The Bertz CT molecular complexity index is 1040. The molecule has 0 saturated carbocycles. The summed E-state index contributed by atoms with van der Waals surface area (Å²) in [6.45, 7) is 6.48. The smallest absolute Gasteiger partial charge is 0.337 e. The molecule has 7 nitrogen and oxygen atoms in total. The molecule has 0 saturated heterocycles. The quantitative estimate of drug-likeness (QED) is 0.364. The first kappa shape index (κ1) is 19.2. The number of hydrogen-bond donors (Lipinski definition) is 0. The molecule has 142 valence electrons. The van der Waals surface area contributed by atoms with Crippen LogP contribution in [0.5, 0.6) is 0 Å². The van der Waals surface area contributed by atoms with E-state index in [1.54, 1.807) is 22.8 Å². The summed E-state index contributed by atoms with van der Waals surface area (Å²) in [5.41, 5.74) is 1.50. The molecule has 0 bridgehead atoms. The standard InChI is InChI=1S/C19H21N3O4S/c1-11(2)9-22-17(23)15-6-5-13(18(24)25-4)8-16(15)20-19(22)27-10-14-7-12(3)26-21-14/h5-8,11H,9-10H2,1-4H3. The first-order chi connectivity index (χ1) is 12.9. The van der Waals surface area contributed by atoms with Crippen molar-refractivity contribution in [2.75, 3.05) is 7.11 Å². The third-order valence-electron chi connectivity index (χ3n) is 3.92. The topological polar surface area (TPSA) is 87.2 Å². The molecule has 0 atom stereocenters. The third-order valence-corrected chi connectivity index (χ3v) is 4.93. The maximum Gasteiger partial charge on any atom is 0.337 e. The monoisotopic (exact) mass is 387 g/mol. The number of esters is 1. The van der Waals surface area contributed by atoms with Gasteiger partial charge in [-0.2, -0.15) is 0 Å². The van der Waals surface area contributed by atoms with Crippen molar-refractivity contribution in [3.63, 3.8) is 0 Å². The SMILES string of the molecule is COC(=O)c1ccc2c(=O)n(CC(C)C)c(SCc3cc(C)on3)nc2c1. The molecule has 1 aromatic carbocycles. The fourth-order valence-corrected chi connectivity index (χ4v) is 3.60. The second-order valence-corrected chi connectivity index (χ2v) is 7.59. The lowest BCUT2D eigenvalue weighted by Crippen LogP contribution is -2.25. The molecule has 0 aliphatic rings. The number of fused-ring (bicyclic) bond motifs is 1. The Hall–Kier alpha value is -2.61. The zero-order valence-electron chi connectivity index (χ0n) is 15.7. The largest absolute Gasteiger partial charge is 0.465 e. The van der Waals surface area contributed by atoms with Gasteiger partial charge in [0.1, 0.15) is 5.76 Å². The number of aromatic nitrogens is 3. The normalized spacial score (nSPS) is 11.3. The van der Waals surface area contributed by atoms with Crippen molar-refractivity contribution in [3.05, 3.63) is 51.6 Å². The van der Waals surface area contributed by atoms with Crippen molar-refractivity contribution in [2.24, 2.45) is 5.92 Å². The molecule has 0 spiro atoms. The van der Waals surface area contributed by atoms with Crippen LogP contribution in [0, 0.1) is 12.8 Å². The fraction of sp³-hybridized carbons (Fsp3) is 0.368. The first-order valence-electron chi connectivity index (χ1n) is 8.57. The molecule has 3 aromatic rings. The summed E-state index contributed by atoms with van der Waals surface area (Å²) in [4.78, 5) is 29.5. The highest BCUT2D eigenvalue weighted by molar-refractivity contribution is 7.98. The minimum absolute atomic E-state index is 0.121. The second kappa shape index (κ2) is 7.96. The third kappa shape index (κ3) is 4.21. The summed E-state index contributed by atoms with van der Waals surface area (Å²) in [5.74, 6) is 1.09. The summed E-state index contributed by atoms with van der Waals surface area (Å²) in [6.07, 6.45) is 0. The van der Waals surface area contributed by atoms with Crippen LogP contribution in [0.15, 0.2) is 38.7 Å². The summed E-state index contributed by atoms with van der Waals surface area (Å²) in [7, 11) is 1.32. The molecular formula is C19H21N3O4S. The van der Waals surface area contributed by atoms with E-state index in [0.717, 1.165) is 11.5 Å². The summed E-state index contributed by atoms with van der Waals surface area (Å²) < 4.78 is 11.5. The van der Waals surface area contributed by atoms with E-state index in [2.05, 4.69) is 10.1 Å². The lowest BCUT2D eigenvalue weighted by atomic mass is 10.1. The molecule has 0 fully saturated rings. The minimum atomic E-state index is -0.461. The Balaban J connectivity index is 2.06. The summed E-state index contributed by atoms with van der Waals surface area (Å²) in [5, 5.41) is 5.05. The van der Waals surface area contributed by atoms with E-state index in [1.165, 1.54) is 18.9 Å². The van der Waals surface area contributed by atoms with Gasteiger partial charge >= 0.3 is 5.97 Å². The number of rotatable bonds is 6. The van der Waals surface area contributed by atoms with Gasteiger partial charge in [-0.15, -0.1) is 0 Å². The number of carbonyl (C=O) groups is 1. The van der Waals surface area contributed by atoms with E-state index in [0.29, 0.717) is 33.9 Å². The zero-order chi connectivity index (χ0) is 19.6. The Labute approximate surface area is 160 Å². The molecule has 2 heterocycles. The van der Waals surface area contributed by atoms with Crippen molar-refractivity contribution >= 4 is 28.6 Å². The van der Waals surface area contributed by atoms with Crippen LogP contribution in [-0.4, -0.2) is 27.8 Å². The van der Waals surface area contributed by atoms with Crippen LogP contribution in [0.2, 0.25) is 0 Å². The Morgan fingerprint density at radius 1 is 1.33 bits per heavy atom. The van der Waals surface area contributed by atoms with E-state index in [1.807, 2.05) is 26.8 Å². The van der Waals surface area contributed by atoms with Gasteiger partial charge in [-0.05, 0) is 31.0 Å². The number of ether oxygens (including phenoxy) is 1. The van der Waals surface area contributed by atoms with Crippen molar-refractivity contribution in [3.8, 4) is 0 Å². The molecule has 0 aliphatic heterocycles. The van der Waals surface area contributed by atoms with Crippen LogP contribution in [0.1, 0.15) is 35.7 Å². The van der Waals surface area contributed by atoms with Gasteiger partial charge in [0, 0.05) is 18.4 Å². The van der Waals surface area contributed by atoms with Gasteiger partial charge in [-0.3, -0.25) is 9.36 Å². The first-order valence-corrected chi connectivity index (χ1v) is 9.55. The minimum Gasteiger partial charge on any atom is -0.465 e. The van der Waals surface area contributed by atoms with Crippen LogP contribution < -0.4 is 5.56 Å². The van der Waals surface area contributed by atoms with Gasteiger partial charge in [-0.1, -0.05) is 30.8 Å². The van der Waals surface area contributed by atoms with Crippen LogP contribution in [0.25, 0.3) is 10.9 Å². The number of nitrogens with zero attached hydrogens (tertiary/aromatic N) is 3. The van der Waals surface area contributed by atoms with Crippen LogP contribution in [-0.2, 0) is 17.0 Å². The summed E-state index contributed by atoms with van der Waals surface area (Å²) in [6, 6.07) is 6.66. The lowest BCUT2D eigenvalue weighted by molar-refractivity contribution is 0.0601. The summed E-state index contributed by atoms with van der Waals surface area (Å²) >= 11 is 1.42. The van der Waals surface area contributed by atoms with Gasteiger partial charge in [0.15, 0.2) is 5.16 Å². The Morgan fingerprint density at radius 3 is 2.74 bits per heavy atom. The number of carbonyl (C=O) groups excluding carboxylic acids is 1. The number of thioether (sulfide) groups is 1. The van der Waals surface area contributed by atoms with E-state index >= 15 is 0 Å². The molecular weight excluding hydrogens is 366 g/mol.